The maximum atomic E-state index is 13.0. The average Bonchev–Trinajstić information content (AvgIpc) is 3.37. The Morgan fingerprint density at radius 1 is 1.28 bits per heavy atom. The van der Waals surface area contributed by atoms with Crippen molar-refractivity contribution in [2.45, 2.75) is 32.4 Å². The van der Waals surface area contributed by atoms with Crippen LogP contribution in [0.3, 0.4) is 0 Å². The van der Waals surface area contributed by atoms with Gasteiger partial charge in [-0.15, -0.1) is 0 Å². The molecule has 1 aromatic heterocycles. The highest BCUT2D eigenvalue weighted by Crippen LogP contribution is 2.37. The standard InChI is InChI=1S/C19H21N5O5/c1-11(2)24-15(6-7-20-24)21-16(25)9-23-17(26)19(3,22-18(23)27)12-4-5-13-14(8-12)29-10-28-13/h4-8,11H,9-10H2,1-3H3,(H,21,25)(H,22,27). The topological polar surface area (TPSA) is 115 Å². The summed E-state index contributed by atoms with van der Waals surface area (Å²) in [4.78, 5) is 38.9. The minimum atomic E-state index is -1.31. The third-order valence-electron chi connectivity index (χ3n) is 4.95. The SMILES string of the molecule is CC(C)n1nccc1NC(=O)CN1C(=O)NC(C)(c2ccc3c(c2)OCO3)C1=O. The van der Waals surface area contributed by atoms with Gasteiger partial charge in [0.2, 0.25) is 12.7 Å². The van der Waals surface area contributed by atoms with E-state index in [1.165, 1.54) is 0 Å². The number of nitrogens with zero attached hydrogens (tertiary/aromatic N) is 3. The molecule has 4 amide bonds. The molecule has 29 heavy (non-hydrogen) atoms. The van der Waals surface area contributed by atoms with Crippen LogP contribution in [0.1, 0.15) is 32.4 Å². The molecule has 2 aromatic rings. The second-order valence-electron chi connectivity index (χ2n) is 7.32. The molecule has 0 bridgehead atoms. The van der Waals surface area contributed by atoms with Crippen LogP contribution in [0.4, 0.5) is 10.6 Å². The van der Waals surface area contributed by atoms with Crippen LogP contribution in [0.5, 0.6) is 11.5 Å². The number of amides is 4. The van der Waals surface area contributed by atoms with Gasteiger partial charge in [0.1, 0.15) is 17.9 Å². The quantitative estimate of drug-likeness (QED) is 0.738. The average molecular weight is 399 g/mol. The highest BCUT2D eigenvalue weighted by molar-refractivity contribution is 6.10. The van der Waals surface area contributed by atoms with E-state index in [9.17, 15) is 14.4 Å². The predicted molar refractivity (Wildman–Crippen MR) is 101 cm³/mol. The van der Waals surface area contributed by atoms with Crippen LogP contribution in [0.2, 0.25) is 0 Å². The molecule has 1 unspecified atom stereocenters. The molecule has 10 heteroatoms. The normalized spacial score (nSPS) is 20.3. The molecule has 4 rings (SSSR count). The van der Waals surface area contributed by atoms with Gasteiger partial charge < -0.3 is 20.1 Å². The van der Waals surface area contributed by atoms with E-state index in [-0.39, 0.29) is 12.8 Å². The summed E-state index contributed by atoms with van der Waals surface area (Å²) in [6.45, 7) is 5.15. The molecule has 3 heterocycles. The van der Waals surface area contributed by atoms with Crippen LogP contribution >= 0.6 is 0 Å². The van der Waals surface area contributed by atoms with Crippen molar-refractivity contribution in [3.63, 3.8) is 0 Å². The molecule has 1 saturated heterocycles. The molecule has 0 saturated carbocycles. The molecule has 1 aromatic carbocycles. The Balaban J connectivity index is 1.51. The summed E-state index contributed by atoms with van der Waals surface area (Å²) in [6, 6.07) is 6.10. The fourth-order valence-electron chi connectivity index (χ4n) is 3.39. The van der Waals surface area contributed by atoms with E-state index < -0.39 is 29.9 Å². The molecular weight excluding hydrogens is 378 g/mol. The second kappa shape index (κ2) is 6.80. The van der Waals surface area contributed by atoms with Gasteiger partial charge in [0.05, 0.1) is 6.20 Å². The number of anilines is 1. The molecule has 152 valence electrons. The summed E-state index contributed by atoms with van der Waals surface area (Å²) in [7, 11) is 0. The third-order valence-corrected chi connectivity index (χ3v) is 4.95. The van der Waals surface area contributed by atoms with Crippen molar-refractivity contribution in [3.05, 3.63) is 36.0 Å². The van der Waals surface area contributed by atoms with Crippen molar-refractivity contribution in [1.29, 1.82) is 0 Å². The van der Waals surface area contributed by atoms with E-state index in [1.807, 2.05) is 13.8 Å². The summed E-state index contributed by atoms with van der Waals surface area (Å²) in [5, 5.41) is 9.51. The monoisotopic (exact) mass is 399 g/mol. The van der Waals surface area contributed by atoms with Gasteiger partial charge in [-0.2, -0.15) is 5.10 Å². The highest BCUT2D eigenvalue weighted by Gasteiger charge is 2.49. The van der Waals surface area contributed by atoms with Gasteiger partial charge in [-0.3, -0.25) is 14.5 Å². The van der Waals surface area contributed by atoms with Crippen LogP contribution in [0.15, 0.2) is 30.5 Å². The van der Waals surface area contributed by atoms with Gasteiger partial charge in [0.25, 0.3) is 5.91 Å². The van der Waals surface area contributed by atoms with Gasteiger partial charge in [-0.25, -0.2) is 9.48 Å². The zero-order valence-electron chi connectivity index (χ0n) is 16.3. The first-order valence-electron chi connectivity index (χ1n) is 9.17. The van der Waals surface area contributed by atoms with Crippen LogP contribution in [-0.2, 0) is 15.1 Å². The molecule has 2 aliphatic heterocycles. The zero-order valence-corrected chi connectivity index (χ0v) is 16.3. The summed E-state index contributed by atoms with van der Waals surface area (Å²) < 4.78 is 12.3. The minimum absolute atomic E-state index is 0.0475. The van der Waals surface area contributed by atoms with E-state index in [1.54, 1.807) is 42.1 Å². The largest absolute Gasteiger partial charge is 0.454 e. The summed E-state index contributed by atoms with van der Waals surface area (Å²) in [5.41, 5.74) is -0.765. The van der Waals surface area contributed by atoms with Gasteiger partial charge >= 0.3 is 6.03 Å². The third kappa shape index (κ3) is 3.16. The molecule has 10 nitrogen and oxygen atoms in total. The van der Waals surface area contributed by atoms with E-state index >= 15 is 0 Å². The Morgan fingerprint density at radius 2 is 2.03 bits per heavy atom. The number of ether oxygens (including phenoxy) is 2. The molecule has 1 fully saturated rings. The number of fused-ring (bicyclic) bond motifs is 1. The number of carbonyl (C=O) groups is 3. The van der Waals surface area contributed by atoms with Crippen LogP contribution < -0.4 is 20.1 Å². The molecule has 2 N–H and O–H groups in total. The Morgan fingerprint density at radius 3 is 2.79 bits per heavy atom. The number of aromatic nitrogens is 2. The van der Waals surface area contributed by atoms with Crippen LogP contribution in [0.25, 0.3) is 0 Å². The van der Waals surface area contributed by atoms with Crippen molar-refractivity contribution < 1.29 is 23.9 Å². The molecule has 2 aliphatic rings. The van der Waals surface area contributed by atoms with Gasteiger partial charge in [-0.1, -0.05) is 6.07 Å². The first kappa shape index (κ1) is 18.8. The molecule has 1 atom stereocenters. The first-order chi connectivity index (χ1) is 13.8. The molecule has 0 spiro atoms. The van der Waals surface area contributed by atoms with E-state index in [0.717, 1.165) is 4.90 Å². The molecule has 0 radical (unpaired) electrons. The summed E-state index contributed by atoms with van der Waals surface area (Å²) in [6.07, 6.45) is 1.57. The lowest BCUT2D eigenvalue weighted by molar-refractivity contribution is -0.133. The predicted octanol–water partition coefficient (Wildman–Crippen LogP) is 1.60. The molecular formula is C19H21N5O5. The van der Waals surface area contributed by atoms with Gasteiger partial charge in [-0.05, 0) is 38.5 Å². The van der Waals surface area contributed by atoms with Gasteiger partial charge in [0, 0.05) is 12.1 Å². The summed E-state index contributed by atoms with van der Waals surface area (Å²) >= 11 is 0. The zero-order chi connectivity index (χ0) is 20.8. The Kier molecular flexibility index (Phi) is 4.40. The number of hydrogen-bond acceptors (Lipinski definition) is 6. The van der Waals surface area contributed by atoms with E-state index in [0.29, 0.717) is 22.9 Å². The van der Waals surface area contributed by atoms with Gasteiger partial charge in [0.15, 0.2) is 11.5 Å². The number of nitrogens with one attached hydrogen (secondary N) is 2. The number of benzene rings is 1. The van der Waals surface area contributed by atoms with Crippen molar-refractivity contribution in [1.82, 2.24) is 20.0 Å². The van der Waals surface area contributed by atoms with Crippen molar-refractivity contribution >= 4 is 23.7 Å². The van der Waals surface area contributed by atoms with E-state index in [4.69, 9.17) is 9.47 Å². The smallest absolute Gasteiger partial charge is 0.325 e. The van der Waals surface area contributed by atoms with Crippen molar-refractivity contribution in [2.75, 3.05) is 18.7 Å². The number of hydrogen-bond donors (Lipinski definition) is 2. The van der Waals surface area contributed by atoms with Crippen LogP contribution in [0, 0.1) is 0 Å². The van der Waals surface area contributed by atoms with Crippen molar-refractivity contribution in [2.24, 2.45) is 0 Å². The summed E-state index contributed by atoms with van der Waals surface area (Å²) in [5.74, 6) is 0.561. The van der Waals surface area contributed by atoms with Crippen molar-refractivity contribution in [3.8, 4) is 11.5 Å². The second-order valence-corrected chi connectivity index (χ2v) is 7.32. The lowest BCUT2D eigenvalue weighted by atomic mass is 9.91. The molecule has 0 aliphatic carbocycles. The minimum Gasteiger partial charge on any atom is -0.454 e. The lowest BCUT2D eigenvalue weighted by Crippen LogP contribution is -2.42. The maximum Gasteiger partial charge on any atom is 0.325 e. The number of carbonyl (C=O) groups excluding carboxylic acids is 3. The van der Waals surface area contributed by atoms with Crippen LogP contribution in [-0.4, -0.2) is 45.9 Å². The Labute approximate surface area is 166 Å². The fraction of sp³-hybridized carbons (Fsp3) is 0.368. The maximum absolute atomic E-state index is 13.0. The number of urea groups is 1. The first-order valence-corrected chi connectivity index (χ1v) is 9.17. The number of imide groups is 1. The Bertz CT molecular complexity index is 1000. The lowest BCUT2D eigenvalue weighted by Gasteiger charge is -2.22. The van der Waals surface area contributed by atoms with E-state index in [2.05, 4.69) is 15.7 Å². The highest BCUT2D eigenvalue weighted by atomic mass is 16.7. The fourth-order valence-corrected chi connectivity index (χ4v) is 3.39. The number of rotatable bonds is 5. The Hall–Kier alpha value is -3.56.